The molecule has 2 atom stereocenters. The van der Waals surface area contributed by atoms with E-state index in [4.69, 9.17) is 10.5 Å². The van der Waals surface area contributed by atoms with Crippen molar-refractivity contribution in [3.05, 3.63) is 23.9 Å². The SMILES string of the molecule is NC(=O)c1ccnc(N2CC[C@@H](N3CCOCC3)[C@H](O)C2)c1. The summed E-state index contributed by atoms with van der Waals surface area (Å²) in [6.45, 7) is 4.52. The first-order valence-electron chi connectivity index (χ1n) is 7.66. The molecule has 0 saturated carbocycles. The number of carbonyl (C=O) groups is 1. The molecule has 22 heavy (non-hydrogen) atoms. The number of piperidine rings is 1. The number of nitrogens with two attached hydrogens (primary N) is 1. The fraction of sp³-hybridized carbons (Fsp3) is 0.600. The van der Waals surface area contributed by atoms with E-state index < -0.39 is 12.0 Å². The molecular weight excluding hydrogens is 284 g/mol. The zero-order chi connectivity index (χ0) is 15.5. The topological polar surface area (TPSA) is 91.9 Å². The highest BCUT2D eigenvalue weighted by Gasteiger charge is 2.33. The van der Waals surface area contributed by atoms with Gasteiger partial charge in [-0.1, -0.05) is 0 Å². The molecule has 0 spiro atoms. The number of morpholine rings is 1. The molecule has 7 nitrogen and oxygen atoms in total. The van der Waals surface area contributed by atoms with Crippen LogP contribution in [0.25, 0.3) is 0 Å². The summed E-state index contributed by atoms with van der Waals surface area (Å²) < 4.78 is 5.36. The van der Waals surface area contributed by atoms with Gasteiger partial charge in [-0.2, -0.15) is 0 Å². The molecule has 1 aromatic rings. The molecule has 0 aliphatic carbocycles. The lowest BCUT2D eigenvalue weighted by Crippen LogP contribution is -2.56. The maximum absolute atomic E-state index is 11.3. The number of hydrogen-bond acceptors (Lipinski definition) is 6. The Bertz CT molecular complexity index is 533. The van der Waals surface area contributed by atoms with Crippen LogP contribution in [0.5, 0.6) is 0 Å². The summed E-state index contributed by atoms with van der Waals surface area (Å²) >= 11 is 0. The highest BCUT2D eigenvalue weighted by molar-refractivity contribution is 5.93. The number of amides is 1. The Morgan fingerprint density at radius 1 is 1.36 bits per heavy atom. The first-order valence-corrected chi connectivity index (χ1v) is 7.66. The first-order chi connectivity index (χ1) is 10.6. The second-order valence-corrected chi connectivity index (χ2v) is 5.78. The van der Waals surface area contributed by atoms with Gasteiger partial charge in [-0.15, -0.1) is 0 Å². The Hall–Kier alpha value is -1.70. The number of ether oxygens (including phenoxy) is 1. The maximum Gasteiger partial charge on any atom is 0.248 e. The van der Waals surface area contributed by atoms with Crippen LogP contribution in [-0.2, 0) is 4.74 Å². The van der Waals surface area contributed by atoms with Crippen LogP contribution in [-0.4, -0.2) is 72.4 Å². The lowest BCUT2D eigenvalue weighted by Gasteiger charge is -2.43. The van der Waals surface area contributed by atoms with Gasteiger partial charge in [0.05, 0.1) is 19.3 Å². The largest absolute Gasteiger partial charge is 0.390 e. The number of aliphatic hydroxyl groups excluding tert-OH is 1. The van der Waals surface area contributed by atoms with Gasteiger partial charge in [-0.25, -0.2) is 4.98 Å². The Balaban J connectivity index is 1.66. The van der Waals surface area contributed by atoms with Crippen molar-refractivity contribution in [2.24, 2.45) is 5.73 Å². The van der Waals surface area contributed by atoms with Crippen LogP contribution < -0.4 is 10.6 Å². The second kappa shape index (κ2) is 6.60. The van der Waals surface area contributed by atoms with Crippen molar-refractivity contribution in [3.8, 4) is 0 Å². The van der Waals surface area contributed by atoms with Crippen molar-refractivity contribution >= 4 is 11.7 Å². The number of pyridine rings is 1. The molecule has 3 heterocycles. The molecule has 0 radical (unpaired) electrons. The van der Waals surface area contributed by atoms with Crippen molar-refractivity contribution in [2.45, 2.75) is 18.6 Å². The predicted octanol–water partition coefficient (Wildman–Crippen LogP) is -0.548. The Kier molecular flexibility index (Phi) is 4.56. The Morgan fingerprint density at radius 2 is 2.14 bits per heavy atom. The van der Waals surface area contributed by atoms with E-state index in [1.54, 1.807) is 18.3 Å². The lowest BCUT2D eigenvalue weighted by molar-refractivity contribution is -0.0274. The second-order valence-electron chi connectivity index (χ2n) is 5.78. The molecule has 3 N–H and O–H groups in total. The molecule has 2 fully saturated rings. The molecule has 7 heteroatoms. The van der Waals surface area contributed by atoms with E-state index in [1.165, 1.54) is 0 Å². The zero-order valence-electron chi connectivity index (χ0n) is 12.5. The van der Waals surface area contributed by atoms with Crippen LogP contribution >= 0.6 is 0 Å². The van der Waals surface area contributed by atoms with Gasteiger partial charge in [0.2, 0.25) is 5.91 Å². The molecule has 0 aromatic carbocycles. The number of hydrogen-bond donors (Lipinski definition) is 2. The van der Waals surface area contributed by atoms with Gasteiger partial charge in [-0.05, 0) is 18.6 Å². The number of primary amides is 1. The van der Waals surface area contributed by atoms with Gasteiger partial charge in [0.1, 0.15) is 5.82 Å². The van der Waals surface area contributed by atoms with E-state index in [1.807, 2.05) is 4.90 Å². The molecule has 3 rings (SSSR count). The third-order valence-corrected chi connectivity index (χ3v) is 4.42. The molecule has 120 valence electrons. The van der Waals surface area contributed by atoms with E-state index >= 15 is 0 Å². The number of aliphatic hydroxyl groups is 1. The van der Waals surface area contributed by atoms with Crippen molar-refractivity contribution < 1.29 is 14.6 Å². The number of anilines is 1. The quantitative estimate of drug-likeness (QED) is 0.779. The molecule has 0 unspecified atom stereocenters. The summed E-state index contributed by atoms with van der Waals surface area (Å²) in [6.07, 6.45) is 2.00. The number of carbonyl (C=O) groups excluding carboxylic acids is 1. The normalized spacial score (nSPS) is 26.9. The van der Waals surface area contributed by atoms with Gasteiger partial charge in [-0.3, -0.25) is 9.69 Å². The summed E-state index contributed by atoms with van der Waals surface area (Å²) in [5.41, 5.74) is 5.75. The average Bonchev–Trinajstić information content (AvgIpc) is 2.55. The van der Waals surface area contributed by atoms with E-state index in [-0.39, 0.29) is 6.04 Å². The van der Waals surface area contributed by atoms with Crippen LogP contribution in [0.2, 0.25) is 0 Å². The number of nitrogens with zero attached hydrogens (tertiary/aromatic N) is 3. The predicted molar refractivity (Wildman–Crippen MR) is 81.8 cm³/mol. The van der Waals surface area contributed by atoms with Crippen LogP contribution in [0.15, 0.2) is 18.3 Å². The molecule has 0 bridgehead atoms. The number of β-amino-alcohol motifs (C(OH)–C–C–N with tert-alkyl or cyclic N) is 1. The highest BCUT2D eigenvalue weighted by atomic mass is 16.5. The van der Waals surface area contributed by atoms with Gasteiger partial charge < -0.3 is 20.5 Å². The van der Waals surface area contributed by atoms with Gasteiger partial charge >= 0.3 is 0 Å². The van der Waals surface area contributed by atoms with Gasteiger partial charge in [0, 0.05) is 44.0 Å². The minimum Gasteiger partial charge on any atom is -0.390 e. The fourth-order valence-electron chi connectivity index (χ4n) is 3.21. The minimum absolute atomic E-state index is 0.166. The first kappa shape index (κ1) is 15.2. The van der Waals surface area contributed by atoms with E-state index in [0.29, 0.717) is 17.9 Å². The Morgan fingerprint density at radius 3 is 2.82 bits per heavy atom. The molecule has 2 aliphatic heterocycles. The van der Waals surface area contributed by atoms with Crippen LogP contribution in [0.1, 0.15) is 16.8 Å². The third kappa shape index (κ3) is 3.21. The standard InChI is InChI=1S/C15H22N4O3/c16-15(21)11-1-3-17-14(9-11)19-4-2-12(13(20)10-19)18-5-7-22-8-6-18/h1,3,9,12-13,20H,2,4-8,10H2,(H2,16,21)/t12-,13-/m1/s1. The molecular formula is C15H22N4O3. The zero-order valence-corrected chi connectivity index (χ0v) is 12.5. The molecule has 2 saturated heterocycles. The average molecular weight is 306 g/mol. The minimum atomic E-state index is -0.465. The Labute approximate surface area is 129 Å². The van der Waals surface area contributed by atoms with Crippen LogP contribution in [0.4, 0.5) is 5.82 Å². The van der Waals surface area contributed by atoms with E-state index in [0.717, 1.165) is 39.3 Å². The van der Waals surface area contributed by atoms with Crippen molar-refractivity contribution in [1.29, 1.82) is 0 Å². The van der Waals surface area contributed by atoms with Gasteiger partial charge in [0.25, 0.3) is 0 Å². The third-order valence-electron chi connectivity index (χ3n) is 4.42. The van der Waals surface area contributed by atoms with E-state index in [2.05, 4.69) is 9.88 Å². The van der Waals surface area contributed by atoms with Crippen molar-refractivity contribution in [3.63, 3.8) is 0 Å². The van der Waals surface area contributed by atoms with Crippen molar-refractivity contribution in [2.75, 3.05) is 44.3 Å². The van der Waals surface area contributed by atoms with Crippen molar-refractivity contribution in [1.82, 2.24) is 9.88 Å². The highest BCUT2D eigenvalue weighted by Crippen LogP contribution is 2.22. The lowest BCUT2D eigenvalue weighted by atomic mass is 9.99. The summed E-state index contributed by atoms with van der Waals surface area (Å²) in [7, 11) is 0. The maximum atomic E-state index is 11.3. The summed E-state index contributed by atoms with van der Waals surface area (Å²) in [6, 6.07) is 3.45. The molecule has 1 amide bonds. The fourth-order valence-corrected chi connectivity index (χ4v) is 3.21. The summed E-state index contributed by atoms with van der Waals surface area (Å²) in [5, 5.41) is 10.5. The van der Waals surface area contributed by atoms with E-state index in [9.17, 15) is 9.90 Å². The number of rotatable bonds is 3. The summed E-state index contributed by atoms with van der Waals surface area (Å²) in [5.74, 6) is 0.225. The monoisotopic (exact) mass is 306 g/mol. The van der Waals surface area contributed by atoms with Gasteiger partial charge in [0.15, 0.2) is 0 Å². The molecule has 2 aliphatic rings. The smallest absolute Gasteiger partial charge is 0.248 e. The summed E-state index contributed by atoms with van der Waals surface area (Å²) in [4.78, 5) is 19.9. The molecule has 1 aromatic heterocycles. The van der Waals surface area contributed by atoms with Crippen LogP contribution in [0, 0.1) is 0 Å². The number of aromatic nitrogens is 1. The van der Waals surface area contributed by atoms with Crippen LogP contribution in [0.3, 0.4) is 0 Å².